The van der Waals surface area contributed by atoms with E-state index in [0.717, 1.165) is 11.1 Å². The Balaban J connectivity index is 2.05. The second-order valence-electron chi connectivity index (χ2n) is 5.01. The van der Waals surface area contributed by atoms with Crippen LogP contribution in [0.4, 0.5) is 0 Å². The molecule has 0 aliphatic carbocycles. The maximum absolute atomic E-state index is 11.9. The minimum Gasteiger partial charge on any atom is -0.468 e. The molecule has 0 aliphatic heterocycles. The largest absolute Gasteiger partial charge is 0.468 e. The van der Waals surface area contributed by atoms with Gasteiger partial charge in [-0.05, 0) is 23.3 Å². The van der Waals surface area contributed by atoms with E-state index in [-0.39, 0.29) is 23.5 Å². The van der Waals surface area contributed by atoms with Gasteiger partial charge in [-0.3, -0.25) is 9.59 Å². The van der Waals surface area contributed by atoms with Crippen LogP contribution in [-0.2, 0) is 14.3 Å². The number of benzene rings is 2. The van der Waals surface area contributed by atoms with Gasteiger partial charge in [-0.15, -0.1) is 11.8 Å². The molecule has 0 spiro atoms. The number of amides is 1. The summed E-state index contributed by atoms with van der Waals surface area (Å²) < 4.78 is 4.50. The summed E-state index contributed by atoms with van der Waals surface area (Å²) in [6.07, 6.45) is 0. The van der Waals surface area contributed by atoms with Crippen LogP contribution in [0.25, 0.3) is 0 Å². The van der Waals surface area contributed by atoms with Gasteiger partial charge in [0.1, 0.15) is 6.54 Å². The van der Waals surface area contributed by atoms with Gasteiger partial charge in [0.2, 0.25) is 5.91 Å². The molecule has 0 bridgehead atoms. The van der Waals surface area contributed by atoms with Gasteiger partial charge in [0.05, 0.1) is 18.1 Å². The SMILES string of the molecule is COC(=O)CNC(=O)CSC(c1ccccc1)c1ccc(Cl)cc1. The number of hydrogen-bond donors (Lipinski definition) is 1. The van der Waals surface area contributed by atoms with Gasteiger partial charge in [0.15, 0.2) is 0 Å². The third-order valence-corrected chi connectivity index (χ3v) is 4.87. The molecule has 6 heteroatoms. The van der Waals surface area contributed by atoms with Crippen LogP contribution >= 0.6 is 23.4 Å². The first-order chi connectivity index (χ1) is 11.6. The van der Waals surface area contributed by atoms with Crippen molar-refractivity contribution < 1.29 is 14.3 Å². The Morgan fingerprint density at radius 2 is 1.71 bits per heavy atom. The lowest BCUT2D eigenvalue weighted by Gasteiger charge is -2.17. The number of thioether (sulfide) groups is 1. The van der Waals surface area contributed by atoms with Gasteiger partial charge >= 0.3 is 5.97 Å². The maximum atomic E-state index is 11.9. The number of esters is 1. The van der Waals surface area contributed by atoms with Gasteiger partial charge in [-0.1, -0.05) is 54.1 Å². The summed E-state index contributed by atoms with van der Waals surface area (Å²) in [4.78, 5) is 23.0. The minimum atomic E-state index is -0.467. The van der Waals surface area contributed by atoms with E-state index in [1.165, 1.54) is 18.9 Å². The summed E-state index contributed by atoms with van der Waals surface area (Å²) >= 11 is 7.45. The van der Waals surface area contributed by atoms with Crippen molar-refractivity contribution in [3.63, 3.8) is 0 Å². The Kier molecular flexibility index (Phi) is 7.15. The highest BCUT2D eigenvalue weighted by Gasteiger charge is 2.16. The van der Waals surface area contributed by atoms with E-state index in [1.54, 1.807) is 0 Å². The zero-order chi connectivity index (χ0) is 17.4. The standard InChI is InChI=1S/C18H18ClNO3S/c1-23-17(22)11-20-16(21)12-24-18(13-5-3-2-4-6-13)14-7-9-15(19)10-8-14/h2-10,18H,11-12H2,1H3,(H,20,21). The van der Waals surface area contributed by atoms with Crippen LogP contribution < -0.4 is 5.32 Å². The molecule has 126 valence electrons. The van der Waals surface area contributed by atoms with Crippen molar-refractivity contribution in [3.05, 3.63) is 70.7 Å². The summed E-state index contributed by atoms with van der Waals surface area (Å²) in [5.74, 6) is -0.440. The molecule has 0 heterocycles. The molecule has 0 fully saturated rings. The van der Waals surface area contributed by atoms with Gasteiger partial charge in [-0.2, -0.15) is 0 Å². The first kappa shape index (κ1) is 18.4. The van der Waals surface area contributed by atoms with Gasteiger partial charge in [-0.25, -0.2) is 0 Å². The number of rotatable bonds is 7. The quantitative estimate of drug-likeness (QED) is 0.765. The number of carbonyl (C=O) groups excluding carboxylic acids is 2. The smallest absolute Gasteiger partial charge is 0.325 e. The Labute approximate surface area is 150 Å². The van der Waals surface area contributed by atoms with Crippen LogP contribution in [0.5, 0.6) is 0 Å². The molecule has 0 saturated carbocycles. The summed E-state index contributed by atoms with van der Waals surface area (Å²) in [7, 11) is 1.29. The lowest BCUT2D eigenvalue weighted by molar-refractivity contribution is -0.140. The highest BCUT2D eigenvalue weighted by atomic mass is 35.5. The molecular formula is C18H18ClNO3S. The van der Waals surface area contributed by atoms with E-state index in [9.17, 15) is 9.59 Å². The predicted molar refractivity (Wildman–Crippen MR) is 97.2 cm³/mol. The van der Waals surface area contributed by atoms with E-state index in [1.807, 2.05) is 54.6 Å². The fourth-order valence-electron chi connectivity index (χ4n) is 2.10. The van der Waals surface area contributed by atoms with E-state index in [2.05, 4.69) is 10.1 Å². The molecule has 2 aromatic rings. The number of methoxy groups -OCH3 is 1. The molecule has 2 rings (SSSR count). The van der Waals surface area contributed by atoms with Crippen molar-refractivity contribution in [2.45, 2.75) is 5.25 Å². The summed E-state index contributed by atoms with van der Waals surface area (Å²) in [6.45, 7) is -0.118. The Morgan fingerprint density at radius 1 is 1.08 bits per heavy atom. The van der Waals surface area contributed by atoms with Crippen LogP contribution in [0.2, 0.25) is 5.02 Å². The van der Waals surface area contributed by atoms with Crippen LogP contribution in [0.15, 0.2) is 54.6 Å². The lowest BCUT2D eigenvalue weighted by Crippen LogP contribution is -2.31. The normalized spacial score (nSPS) is 11.6. The van der Waals surface area contributed by atoms with Crippen molar-refractivity contribution in [2.24, 2.45) is 0 Å². The zero-order valence-electron chi connectivity index (χ0n) is 13.2. The molecular weight excluding hydrogens is 346 g/mol. The summed E-state index contributed by atoms with van der Waals surface area (Å²) in [6, 6.07) is 17.5. The first-order valence-electron chi connectivity index (χ1n) is 7.35. The molecule has 0 saturated heterocycles. The number of ether oxygens (including phenoxy) is 1. The molecule has 0 aliphatic rings. The Bertz CT molecular complexity index is 676. The summed E-state index contributed by atoms with van der Waals surface area (Å²) in [5, 5.41) is 3.22. The third-order valence-electron chi connectivity index (χ3n) is 3.31. The average Bonchev–Trinajstić information content (AvgIpc) is 2.62. The lowest BCUT2D eigenvalue weighted by atomic mass is 10.0. The van der Waals surface area contributed by atoms with Gasteiger partial charge in [0, 0.05) is 5.02 Å². The number of hydrogen-bond acceptors (Lipinski definition) is 4. The van der Waals surface area contributed by atoms with E-state index in [0.29, 0.717) is 5.02 Å². The third kappa shape index (κ3) is 5.58. The Morgan fingerprint density at radius 3 is 2.33 bits per heavy atom. The van der Waals surface area contributed by atoms with E-state index < -0.39 is 5.97 Å². The second-order valence-corrected chi connectivity index (χ2v) is 6.54. The van der Waals surface area contributed by atoms with Crippen LogP contribution in [-0.4, -0.2) is 31.3 Å². The molecule has 0 aromatic heterocycles. The monoisotopic (exact) mass is 363 g/mol. The Hall–Kier alpha value is -1.98. The van der Waals surface area contributed by atoms with Gasteiger partial charge < -0.3 is 10.1 Å². The summed E-state index contributed by atoms with van der Waals surface area (Å²) in [5.41, 5.74) is 2.17. The number of carbonyl (C=O) groups is 2. The van der Waals surface area contributed by atoms with E-state index >= 15 is 0 Å². The van der Waals surface area contributed by atoms with Crippen molar-refractivity contribution in [1.82, 2.24) is 5.32 Å². The van der Waals surface area contributed by atoms with Crippen molar-refractivity contribution in [2.75, 3.05) is 19.4 Å². The minimum absolute atomic E-state index is 0.00680. The molecule has 1 atom stereocenters. The topological polar surface area (TPSA) is 55.4 Å². The molecule has 2 aromatic carbocycles. The van der Waals surface area contributed by atoms with Crippen LogP contribution in [0.3, 0.4) is 0 Å². The maximum Gasteiger partial charge on any atom is 0.325 e. The van der Waals surface area contributed by atoms with E-state index in [4.69, 9.17) is 11.6 Å². The molecule has 1 unspecified atom stereocenters. The molecule has 0 radical (unpaired) electrons. The number of halogens is 1. The molecule has 1 N–H and O–H groups in total. The zero-order valence-corrected chi connectivity index (χ0v) is 14.8. The molecule has 24 heavy (non-hydrogen) atoms. The predicted octanol–water partition coefficient (Wildman–Crippen LogP) is 3.45. The molecule has 1 amide bonds. The highest BCUT2D eigenvalue weighted by molar-refractivity contribution is 8.00. The van der Waals surface area contributed by atoms with Crippen LogP contribution in [0.1, 0.15) is 16.4 Å². The fourth-order valence-corrected chi connectivity index (χ4v) is 3.35. The van der Waals surface area contributed by atoms with Crippen LogP contribution in [0, 0.1) is 0 Å². The number of nitrogens with one attached hydrogen (secondary N) is 1. The second kappa shape index (κ2) is 9.35. The van der Waals surface area contributed by atoms with Crippen molar-refractivity contribution in [1.29, 1.82) is 0 Å². The highest BCUT2D eigenvalue weighted by Crippen LogP contribution is 2.35. The average molecular weight is 364 g/mol. The van der Waals surface area contributed by atoms with Gasteiger partial charge in [0.25, 0.3) is 0 Å². The van der Waals surface area contributed by atoms with Crippen molar-refractivity contribution >= 4 is 35.2 Å². The molecule has 4 nitrogen and oxygen atoms in total. The van der Waals surface area contributed by atoms with Crippen molar-refractivity contribution in [3.8, 4) is 0 Å². The first-order valence-corrected chi connectivity index (χ1v) is 8.78. The fraction of sp³-hybridized carbons (Fsp3) is 0.222.